The van der Waals surface area contributed by atoms with Crippen molar-refractivity contribution < 1.29 is 14.0 Å². The first-order valence-corrected chi connectivity index (χ1v) is 8.49. The summed E-state index contributed by atoms with van der Waals surface area (Å²) < 4.78 is 13.9. The topological polar surface area (TPSA) is 52.7 Å². The van der Waals surface area contributed by atoms with E-state index in [9.17, 15) is 14.0 Å². The number of benzene rings is 1. The molecule has 1 aromatic rings. The van der Waals surface area contributed by atoms with Crippen LogP contribution >= 0.6 is 11.6 Å². The number of carbonyl (C=O) groups excluding carboxylic acids is 2. The van der Waals surface area contributed by atoms with Gasteiger partial charge in [0, 0.05) is 29.7 Å². The average molecular weight is 372 g/mol. The zero-order valence-corrected chi connectivity index (χ0v) is 16.4. The first-order valence-electron chi connectivity index (χ1n) is 8.11. The molecule has 2 amide bonds. The number of rotatable bonds is 6. The number of halogens is 2. The Morgan fingerprint density at radius 2 is 1.88 bits per heavy atom. The fourth-order valence-corrected chi connectivity index (χ4v) is 2.55. The zero-order valence-electron chi connectivity index (χ0n) is 15.7. The number of carbonyl (C=O) groups is 2. The highest BCUT2D eigenvalue weighted by Crippen LogP contribution is 2.20. The maximum absolute atomic E-state index is 13.9. The minimum Gasteiger partial charge on any atom is -0.350 e. The van der Waals surface area contributed by atoms with Crippen LogP contribution in [0.1, 0.15) is 33.3 Å². The van der Waals surface area contributed by atoms with Gasteiger partial charge in [-0.25, -0.2) is 4.39 Å². The van der Waals surface area contributed by atoms with E-state index in [0.29, 0.717) is 0 Å². The van der Waals surface area contributed by atoms with E-state index in [1.807, 2.05) is 20.8 Å². The predicted octanol–water partition coefficient (Wildman–Crippen LogP) is 2.67. The summed E-state index contributed by atoms with van der Waals surface area (Å²) >= 11 is 6.01. The van der Waals surface area contributed by atoms with Crippen LogP contribution < -0.4 is 5.32 Å². The molecule has 0 heterocycles. The quantitative estimate of drug-likeness (QED) is 0.836. The van der Waals surface area contributed by atoms with Gasteiger partial charge in [-0.15, -0.1) is 0 Å². The molecule has 7 heteroatoms. The second-order valence-electron chi connectivity index (χ2n) is 7.28. The van der Waals surface area contributed by atoms with Crippen molar-refractivity contribution in [2.24, 2.45) is 0 Å². The summed E-state index contributed by atoms with van der Waals surface area (Å²) in [4.78, 5) is 27.6. The fourth-order valence-electron chi connectivity index (χ4n) is 2.33. The van der Waals surface area contributed by atoms with E-state index < -0.39 is 11.9 Å². The molecule has 0 aliphatic carbocycles. The van der Waals surface area contributed by atoms with Crippen LogP contribution in [0.15, 0.2) is 18.2 Å². The summed E-state index contributed by atoms with van der Waals surface area (Å²) in [6, 6.07) is 3.89. The molecule has 0 bridgehead atoms. The highest BCUT2D eigenvalue weighted by atomic mass is 35.5. The van der Waals surface area contributed by atoms with Gasteiger partial charge in [0.25, 0.3) is 0 Å². The van der Waals surface area contributed by atoms with Gasteiger partial charge in [0.05, 0.1) is 12.6 Å². The molecule has 0 radical (unpaired) electrons. The van der Waals surface area contributed by atoms with Crippen LogP contribution in [0, 0.1) is 5.82 Å². The number of hydrogen-bond acceptors (Lipinski definition) is 3. The second-order valence-corrected chi connectivity index (χ2v) is 7.69. The van der Waals surface area contributed by atoms with Gasteiger partial charge in [-0.05, 0) is 46.9 Å². The highest BCUT2D eigenvalue weighted by molar-refractivity contribution is 6.31. The molecule has 1 rings (SSSR count). The lowest BCUT2D eigenvalue weighted by Gasteiger charge is -2.29. The van der Waals surface area contributed by atoms with E-state index in [1.165, 1.54) is 17.0 Å². The van der Waals surface area contributed by atoms with Gasteiger partial charge in [0.15, 0.2) is 0 Å². The van der Waals surface area contributed by atoms with Crippen molar-refractivity contribution in [3.63, 3.8) is 0 Å². The Balaban J connectivity index is 2.69. The lowest BCUT2D eigenvalue weighted by Crippen LogP contribution is -2.50. The number of nitrogens with one attached hydrogen (secondary N) is 1. The van der Waals surface area contributed by atoms with Crippen molar-refractivity contribution in [3.8, 4) is 0 Å². The Labute approximate surface area is 154 Å². The maximum atomic E-state index is 13.9. The summed E-state index contributed by atoms with van der Waals surface area (Å²) in [7, 11) is 3.29. The normalized spacial score (nSPS) is 12.8. The standard InChI is InChI=1S/C18H27ClFN3O2/c1-12(22(5)11-16(24)21-18(2,3)4)17(25)23(6)10-13-14(19)8-7-9-15(13)20/h7-9,12H,10-11H2,1-6H3,(H,21,24). The Bertz CT molecular complexity index is 611. The fraction of sp³-hybridized carbons (Fsp3) is 0.556. The van der Waals surface area contributed by atoms with E-state index in [-0.39, 0.29) is 41.0 Å². The molecule has 0 saturated heterocycles. The van der Waals surface area contributed by atoms with Crippen LogP contribution in [0.3, 0.4) is 0 Å². The van der Waals surface area contributed by atoms with Gasteiger partial charge in [-0.1, -0.05) is 17.7 Å². The van der Waals surface area contributed by atoms with Crippen molar-refractivity contribution in [2.45, 2.75) is 45.8 Å². The second kappa shape index (κ2) is 8.63. The van der Waals surface area contributed by atoms with E-state index in [0.717, 1.165) is 0 Å². The molecule has 0 aliphatic heterocycles. The van der Waals surface area contributed by atoms with Crippen molar-refractivity contribution >= 4 is 23.4 Å². The van der Waals surface area contributed by atoms with Crippen LogP contribution in [0.2, 0.25) is 5.02 Å². The first-order chi connectivity index (χ1) is 11.4. The molecule has 1 unspecified atom stereocenters. The smallest absolute Gasteiger partial charge is 0.239 e. The Morgan fingerprint density at radius 1 is 1.28 bits per heavy atom. The molecule has 1 aromatic carbocycles. The molecule has 0 saturated carbocycles. The average Bonchev–Trinajstić information content (AvgIpc) is 2.47. The largest absolute Gasteiger partial charge is 0.350 e. The van der Waals surface area contributed by atoms with Crippen molar-refractivity contribution in [1.29, 1.82) is 0 Å². The van der Waals surface area contributed by atoms with Crippen molar-refractivity contribution in [3.05, 3.63) is 34.6 Å². The summed E-state index contributed by atoms with van der Waals surface area (Å²) in [5.74, 6) is -0.822. The summed E-state index contributed by atoms with van der Waals surface area (Å²) in [6.45, 7) is 7.56. The van der Waals surface area contributed by atoms with Gasteiger partial charge in [-0.2, -0.15) is 0 Å². The Hall–Kier alpha value is -1.66. The first kappa shape index (κ1) is 21.4. The number of likely N-dealkylation sites (N-methyl/N-ethyl adjacent to an activating group) is 2. The molecule has 0 aliphatic rings. The maximum Gasteiger partial charge on any atom is 0.239 e. The highest BCUT2D eigenvalue weighted by Gasteiger charge is 2.25. The zero-order chi connectivity index (χ0) is 19.4. The van der Waals surface area contributed by atoms with E-state index >= 15 is 0 Å². The molecule has 1 atom stereocenters. The van der Waals surface area contributed by atoms with Gasteiger partial charge >= 0.3 is 0 Å². The van der Waals surface area contributed by atoms with E-state index in [4.69, 9.17) is 11.6 Å². The molecule has 1 N–H and O–H groups in total. The van der Waals surface area contributed by atoms with Gasteiger partial charge in [0.2, 0.25) is 11.8 Å². The summed E-state index contributed by atoms with van der Waals surface area (Å²) in [6.07, 6.45) is 0. The predicted molar refractivity (Wildman–Crippen MR) is 97.9 cm³/mol. The van der Waals surface area contributed by atoms with Crippen LogP contribution in [0.5, 0.6) is 0 Å². The minimum atomic E-state index is -0.527. The summed E-state index contributed by atoms with van der Waals surface area (Å²) in [5, 5.41) is 3.14. The Kier molecular flexibility index (Phi) is 7.38. The number of nitrogens with zero attached hydrogens (tertiary/aromatic N) is 2. The monoisotopic (exact) mass is 371 g/mol. The van der Waals surface area contributed by atoms with Crippen molar-refractivity contribution in [1.82, 2.24) is 15.1 Å². The molecule has 25 heavy (non-hydrogen) atoms. The van der Waals surface area contributed by atoms with Crippen LogP contribution in [0.25, 0.3) is 0 Å². The molecular weight excluding hydrogens is 345 g/mol. The lowest BCUT2D eigenvalue weighted by atomic mass is 10.1. The molecule has 0 fully saturated rings. The molecule has 5 nitrogen and oxygen atoms in total. The molecule has 0 spiro atoms. The van der Waals surface area contributed by atoms with Crippen LogP contribution in [-0.2, 0) is 16.1 Å². The minimum absolute atomic E-state index is 0.0662. The van der Waals surface area contributed by atoms with Gasteiger partial charge < -0.3 is 10.2 Å². The SMILES string of the molecule is CC(C(=O)N(C)Cc1c(F)cccc1Cl)N(C)CC(=O)NC(C)(C)C. The summed E-state index contributed by atoms with van der Waals surface area (Å²) in [5.41, 5.74) is -0.0517. The van der Waals surface area contributed by atoms with E-state index in [1.54, 1.807) is 32.0 Å². The van der Waals surface area contributed by atoms with E-state index in [2.05, 4.69) is 5.32 Å². The number of amides is 2. The molecular formula is C18H27ClFN3O2. The molecule has 140 valence electrons. The van der Waals surface area contributed by atoms with Gasteiger partial charge in [-0.3, -0.25) is 14.5 Å². The third-order valence-corrected chi connectivity index (χ3v) is 4.11. The third-order valence-electron chi connectivity index (χ3n) is 3.76. The molecule has 0 aromatic heterocycles. The van der Waals surface area contributed by atoms with Crippen LogP contribution in [-0.4, -0.2) is 53.8 Å². The lowest BCUT2D eigenvalue weighted by molar-refractivity contribution is -0.136. The third kappa shape index (κ3) is 6.63. The number of hydrogen-bond donors (Lipinski definition) is 1. The van der Waals surface area contributed by atoms with Crippen LogP contribution in [0.4, 0.5) is 4.39 Å². The Morgan fingerprint density at radius 3 is 2.40 bits per heavy atom. The van der Waals surface area contributed by atoms with Gasteiger partial charge in [0.1, 0.15) is 5.82 Å². The van der Waals surface area contributed by atoms with Crippen molar-refractivity contribution in [2.75, 3.05) is 20.6 Å².